The number of nitrogens with one attached hydrogen (secondary N) is 1. The fraction of sp³-hybridized carbons (Fsp3) is 0.167. The van der Waals surface area contributed by atoms with Gasteiger partial charge in [0.25, 0.3) is 5.69 Å². The van der Waals surface area contributed by atoms with Gasteiger partial charge >= 0.3 is 5.97 Å². The van der Waals surface area contributed by atoms with Crippen molar-refractivity contribution in [2.75, 3.05) is 11.9 Å². The third kappa shape index (κ3) is 2.59. The number of carboxylic acid groups (broad SMARTS) is 1. The van der Waals surface area contributed by atoms with Crippen LogP contribution in [0.2, 0.25) is 0 Å². The normalized spacial score (nSPS) is 10.4. The fourth-order valence-electron chi connectivity index (χ4n) is 1.84. The number of anilines is 1. The van der Waals surface area contributed by atoms with Crippen LogP contribution in [0.4, 0.5) is 11.5 Å². The lowest BCUT2D eigenvalue weighted by molar-refractivity contribution is -0.383. The summed E-state index contributed by atoms with van der Waals surface area (Å²) in [7, 11) is 0. The van der Waals surface area contributed by atoms with Crippen molar-refractivity contribution in [2.45, 2.75) is 6.92 Å². The molecule has 0 unspecified atom stereocenters. The summed E-state index contributed by atoms with van der Waals surface area (Å²) in [5.41, 5.74) is 0.552. The van der Waals surface area contributed by atoms with Crippen LogP contribution >= 0.6 is 0 Å². The Bertz CT molecular complexity index is 669. The monoisotopic (exact) mass is 261 g/mol. The molecule has 19 heavy (non-hydrogen) atoms. The second-order valence-electron chi connectivity index (χ2n) is 3.99. The highest BCUT2D eigenvalue weighted by Gasteiger charge is 2.15. The molecular weight excluding hydrogens is 250 g/mol. The van der Waals surface area contributed by atoms with Crippen molar-refractivity contribution in [3.05, 3.63) is 40.1 Å². The number of aliphatic carboxylic acids is 1. The first-order chi connectivity index (χ1) is 8.99. The van der Waals surface area contributed by atoms with E-state index in [1.54, 1.807) is 25.1 Å². The van der Waals surface area contributed by atoms with Gasteiger partial charge in [-0.25, -0.2) is 4.98 Å². The third-order valence-electron chi connectivity index (χ3n) is 2.58. The number of fused-ring (bicyclic) bond motifs is 1. The molecule has 0 amide bonds. The SMILES string of the molecule is Cc1cc2c([N+](=O)[O-])cccc2c(NCC(=O)O)n1. The Hall–Kier alpha value is -2.70. The van der Waals surface area contributed by atoms with E-state index in [9.17, 15) is 14.9 Å². The largest absolute Gasteiger partial charge is 0.480 e. The van der Waals surface area contributed by atoms with E-state index < -0.39 is 10.9 Å². The molecule has 0 fully saturated rings. The number of hydrogen-bond donors (Lipinski definition) is 2. The van der Waals surface area contributed by atoms with Crippen LogP contribution in [0.15, 0.2) is 24.3 Å². The van der Waals surface area contributed by atoms with E-state index >= 15 is 0 Å². The minimum Gasteiger partial charge on any atom is -0.480 e. The number of nitro groups is 1. The standard InChI is InChI=1S/C12H11N3O4/c1-7-5-9-8(3-2-4-10(9)15(18)19)12(14-7)13-6-11(16)17/h2-5H,6H2,1H3,(H,13,14)(H,16,17). The minimum absolute atomic E-state index is 0.0265. The zero-order valence-corrected chi connectivity index (χ0v) is 10.1. The van der Waals surface area contributed by atoms with Crippen molar-refractivity contribution in [2.24, 2.45) is 0 Å². The van der Waals surface area contributed by atoms with Crippen LogP contribution in [0.25, 0.3) is 10.8 Å². The van der Waals surface area contributed by atoms with Crippen molar-refractivity contribution in [1.82, 2.24) is 4.98 Å². The summed E-state index contributed by atoms with van der Waals surface area (Å²) in [6.07, 6.45) is 0. The van der Waals surface area contributed by atoms with Crippen LogP contribution in [0.3, 0.4) is 0 Å². The first-order valence-corrected chi connectivity index (χ1v) is 5.49. The van der Waals surface area contributed by atoms with E-state index in [0.717, 1.165) is 0 Å². The van der Waals surface area contributed by atoms with E-state index in [-0.39, 0.29) is 12.2 Å². The lowest BCUT2D eigenvalue weighted by Gasteiger charge is -2.08. The third-order valence-corrected chi connectivity index (χ3v) is 2.58. The Morgan fingerprint density at radius 2 is 2.21 bits per heavy atom. The summed E-state index contributed by atoms with van der Waals surface area (Å²) in [6, 6.07) is 6.23. The van der Waals surface area contributed by atoms with Gasteiger partial charge in [0, 0.05) is 17.1 Å². The van der Waals surface area contributed by atoms with Crippen LogP contribution in [-0.4, -0.2) is 27.5 Å². The van der Waals surface area contributed by atoms with Crippen molar-refractivity contribution >= 4 is 28.2 Å². The molecule has 1 heterocycles. The van der Waals surface area contributed by atoms with Gasteiger partial charge in [-0.3, -0.25) is 14.9 Å². The molecule has 0 radical (unpaired) electrons. The van der Waals surface area contributed by atoms with Crippen molar-refractivity contribution in [3.8, 4) is 0 Å². The average molecular weight is 261 g/mol. The van der Waals surface area contributed by atoms with Gasteiger partial charge in [0.15, 0.2) is 0 Å². The molecular formula is C12H11N3O4. The van der Waals surface area contributed by atoms with Crippen molar-refractivity contribution in [3.63, 3.8) is 0 Å². The molecule has 2 N–H and O–H groups in total. The Balaban J connectivity index is 2.61. The van der Waals surface area contributed by atoms with Crippen molar-refractivity contribution in [1.29, 1.82) is 0 Å². The molecule has 1 aromatic carbocycles. The maximum absolute atomic E-state index is 11.0. The van der Waals surface area contributed by atoms with E-state index in [2.05, 4.69) is 10.3 Å². The lowest BCUT2D eigenvalue weighted by atomic mass is 10.1. The summed E-state index contributed by atoms with van der Waals surface area (Å²) in [6.45, 7) is 1.40. The number of benzene rings is 1. The first-order valence-electron chi connectivity index (χ1n) is 5.49. The molecule has 0 atom stereocenters. The van der Waals surface area contributed by atoms with Crippen molar-refractivity contribution < 1.29 is 14.8 Å². The molecule has 0 aliphatic rings. The molecule has 0 bridgehead atoms. The summed E-state index contributed by atoms with van der Waals surface area (Å²) in [4.78, 5) is 25.3. The second kappa shape index (κ2) is 4.89. The Morgan fingerprint density at radius 1 is 1.47 bits per heavy atom. The predicted octanol–water partition coefficient (Wildman–Crippen LogP) is 1.95. The van der Waals surface area contributed by atoms with Crippen LogP contribution in [-0.2, 0) is 4.79 Å². The highest BCUT2D eigenvalue weighted by molar-refractivity contribution is 5.98. The summed E-state index contributed by atoms with van der Waals surface area (Å²) in [5, 5.41) is 23.3. The van der Waals surface area contributed by atoms with Gasteiger partial charge in [0.2, 0.25) is 0 Å². The van der Waals surface area contributed by atoms with Gasteiger partial charge in [-0.05, 0) is 13.0 Å². The smallest absolute Gasteiger partial charge is 0.322 e. The van der Waals surface area contributed by atoms with Gasteiger partial charge in [0.05, 0.1) is 10.3 Å². The summed E-state index contributed by atoms with van der Waals surface area (Å²) >= 11 is 0. The number of carboxylic acids is 1. The number of carbonyl (C=O) groups is 1. The Morgan fingerprint density at radius 3 is 2.84 bits per heavy atom. The number of aromatic nitrogens is 1. The van der Waals surface area contributed by atoms with Gasteiger partial charge in [-0.1, -0.05) is 12.1 Å². The molecule has 7 heteroatoms. The molecule has 1 aromatic heterocycles. The molecule has 0 spiro atoms. The number of nitrogens with zero attached hydrogens (tertiary/aromatic N) is 2. The molecule has 7 nitrogen and oxygen atoms in total. The molecule has 2 aromatic rings. The number of pyridine rings is 1. The molecule has 98 valence electrons. The zero-order chi connectivity index (χ0) is 14.0. The highest BCUT2D eigenvalue weighted by Crippen LogP contribution is 2.30. The van der Waals surface area contributed by atoms with E-state index in [4.69, 9.17) is 5.11 Å². The second-order valence-corrected chi connectivity index (χ2v) is 3.99. The quantitative estimate of drug-likeness (QED) is 0.643. The highest BCUT2D eigenvalue weighted by atomic mass is 16.6. The number of hydrogen-bond acceptors (Lipinski definition) is 5. The number of nitro benzene ring substituents is 1. The van der Waals surface area contributed by atoms with Gasteiger partial charge in [-0.2, -0.15) is 0 Å². The molecule has 0 aliphatic carbocycles. The minimum atomic E-state index is -1.03. The van der Waals surface area contributed by atoms with Gasteiger partial charge < -0.3 is 10.4 Å². The molecule has 0 saturated carbocycles. The topological polar surface area (TPSA) is 105 Å². The maximum Gasteiger partial charge on any atom is 0.322 e. The first kappa shape index (κ1) is 12.7. The van der Waals surface area contributed by atoms with E-state index in [1.165, 1.54) is 6.07 Å². The van der Waals surface area contributed by atoms with Crippen LogP contribution in [0, 0.1) is 17.0 Å². The number of aryl methyl sites for hydroxylation is 1. The Kier molecular flexibility index (Phi) is 3.28. The van der Waals surface area contributed by atoms with Crippen LogP contribution < -0.4 is 5.32 Å². The maximum atomic E-state index is 11.0. The average Bonchev–Trinajstić information content (AvgIpc) is 2.34. The fourth-order valence-corrected chi connectivity index (χ4v) is 1.84. The predicted molar refractivity (Wildman–Crippen MR) is 69.3 cm³/mol. The molecule has 0 saturated heterocycles. The molecule has 0 aliphatic heterocycles. The summed E-state index contributed by atoms with van der Waals surface area (Å²) in [5.74, 6) is -0.692. The lowest BCUT2D eigenvalue weighted by Crippen LogP contribution is -2.13. The Labute approximate surface area is 108 Å². The summed E-state index contributed by atoms with van der Waals surface area (Å²) < 4.78 is 0. The number of rotatable bonds is 4. The van der Waals surface area contributed by atoms with Crippen LogP contribution in [0.5, 0.6) is 0 Å². The zero-order valence-electron chi connectivity index (χ0n) is 10.1. The molecule has 2 rings (SSSR count). The van der Waals surface area contributed by atoms with Gasteiger partial charge in [0.1, 0.15) is 12.4 Å². The number of non-ortho nitro benzene ring substituents is 1. The van der Waals surface area contributed by atoms with Gasteiger partial charge in [-0.15, -0.1) is 0 Å². The van der Waals surface area contributed by atoms with E-state index in [1.807, 2.05) is 0 Å². The van der Waals surface area contributed by atoms with E-state index in [0.29, 0.717) is 22.3 Å². The van der Waals surface area contributed by atoms with Crippen LogP contribution in [0.1, 0.15) is 5.69 Å².